The molecule has 0 saturated carbocycles. The van der Waals surface area contributed by atoms with Crippen molar-refractivity contribution in [2.75, 3.05) is 0 Å². The number of rotatable bonds is 2. The molecule has 0 amide bonds. The summed E-state index contributed by atoms with van der Waals surface area (Å²) in [5.74, 6) is -5.65. The lowest BCUT2D eigenvalue weighted by atomic mass is 10.3. The van der Waals surface area contributed by atoms with Crippen molar-refractivity contribution < 1.29 is 22.0 Å². The molecule has 1 aromatic carbocycles. The molecule has 94 valence electrons. The molecule has 1 aromatic heterocycles. The second-order valence-corrected chi connectivity index (χ2v) is 4.26. The molecule has 2 rings (SSSR count). The molecule has 1 nitrogen and oxygen atoms in total. The first-order valence-corrected chi connectivity index (χ1v) is 5.43. The normalized spacial score (nSPS) is 10.7. The molecule has 0 aliphatic heterocycles. The van der Waals surface area contributed by atoms with E-state index in [2.05, 4.69) is 4.98 Å². The van der Waals surface area contributed by atoms with E-state index in [-0.39, 0.29) is 4.90 Å². The van der Waals surface area contributed by atoms with E-state index in [0.717, 1.165) is 18.2 Å². The van der Waals surface area contributed by atoms with Crippen molar-refractivity contribution in [2.45, 2.75) is 9.92 Å². The SMILES string of the molecule is Fc1ccc(F)c(Sc2nc(F)c(F)cc2F)c1. The van der Waals surface area contributed by atoms with E-state index in [1.54, 1.807) is 0 Å². The van der Waals surface area contributed by atoms with Gasteiger partial charge in [0.05, 0.1) is 4.90 Å². The minimum absolute atomic E-state index is 0.271. The molecule has 0 radical (unpaired) electrons. The van der Waals surface area contributed by atoms with Crippen molar-refractivity contribution in [3.8, 4) is 0 Å². The summed E-state index contributed by atoms with van der Waals surface area (Å²) in [6, 6.07) is 2.83. The molecule has 18 heavy (non-hydrogen) atoms. The molecule has 2 aromatic rings. The topological polar surface area (TPSA) is 12.9 Å². The van der Waals surface area contributed by atoms with Gasteiger partial charge in [-0.05, 0) is 18.2 Å². The molecule has 0 spiro atoms. The van der Waals surface area contributed by atoms with E-state index in [0.29, 0.717) is 17.8 Å². The van der Waals surface area contributed by atoms with Crippen LogP contribution in [0.25, 0.3) is 0 Å². The van der Waals surface area contributed by atoms with Gasteiger partial charge in [-0.25, -0.2) is 22.5 Å². The number of hydrogen-bond donors (Lipinski definition) is 0. The third-order valence-corrected chi connectivity index (χ3v) is 2.97. The van der Waals surface area contributed by atoms with Gasteiger partial charge < -0.3 is 0 Å². The fourth-order valence-corrected chi connectivity index (χ4v) is 1.99. The molecule has 0 bridgehead atoms. The van der Waals surface area contributed by atoms with Crippen LogP contribution in [0.5, 0.6) is 0 Å². The second kappa shape index (κ2) is 4.93. The highest BCUT2D eigenvalue weighted by molar-refractivity contribution is 7.99. The lowest BCUT2D eigenvalue weighted by molar-refractivity contribution is 0.448. The van der Waals surface area contributed by atoms with Crippen LogP contribution >= 0.6 is 11.8 Å². The van der Waals surface area contributed by atoms with Crippen molar-refractivity contribution in [1.29, 1.82) is 0 Å². The second-order valence-electron chi connectivity index (χ2n) is 3.22. The Bertz CT molecular complexity index is 602. The van der Waals surface area contributed by atoms with E-state index < -0.39 is 34.2 Å². The van der Waals surface area contributed by atoms with Gasteiger partial charge in [0.2, 0.25) is 5.95 Å². The summed E-state index contributed by atoms with van der Waals surface area (Å²) in [5, 5.41) is -0.571. The summed E-state index contributed by atoms with van der Waals surface area (Å²) in [4.78, 5) is 2.72. The van der Waals surface area contributed by atoms with Gasteiger partial charge in [-0.2, -0.15) is 4.39 Å². The molecule has 0 N–H and O–H groups in total. The van der Waals surface area contributed by atoms with Gasteiger partial charge >= 0.3 is 0 Å². The van der Waals surface area contributed by atoms with Crippen molar-refractivity contribution in [1.82, 2.24) is 4.98 Å². The van der Waals surface area contributed by atoms with Gasteiger partial charge in [0.1, 0.15) is 16.7 Å². The van der Waals surface area contributed by atoms with Crippen LogP contribution in [0.2, 0.25) is 0 Å². The van der Waals surface area contributed by atoms with E-state index in [1.165, 1.54) is 0 Å². The standard InChI is InChI=1S/C11H4F5NS/c12-5-1-2-6(13)9(3-5)18-11-8(15)4-7(14)10(16)17-11/h1-4H. The van der Waals surface area contributed by atoms with E-state index in [4.69, 9.17) is 0 Å². The number of halogens is 5. The molecule has 0 aliphatic carbocycles. The Morgan fingerprint density at radius 2 is 1.56 bits per heavy atom. The molecule has 0 atom stereocenters. The Balaban J connectivity index is 2.40. The quantitative estimate of drug-likeness (QED) is 0.609. The van der Waals surface area contributed by atoms with Crippen molar-refractivity contribution >= 4 is 11.8 Å². The first-order valence-electron chi connectivity index (χ1n) is 4.62. The summed E-state index contributed by atoms with van der Waals surface area (Å²) in [5.41, 5.74) is 0. The summed E-state index contributed by atoms with van der Waals surface area (Å²) in [6.45, 7) is 0. The van der Waals surface area contributed by atoms with Crippen LogP contribution < -0.4 is 0 Å². The lowest BCUT2D eigenvalue weighted by Crippen LogP contribution is -1.96. The van der Waals surface area contributed by atoms with Gasteiger partial charge in [-0.1, -0.05) is 11.8 Å². The Morgan fingerprint density at radius 3 is 2.28 bits per heavy atom. The average Bonchev–Trinajstić information content (AvgIpc) is 2.30. The Labute approximate surface area is 103 Å². The highest BCUT2D eigenvalue weighted by atomic mass is 32.2. The zero-order chi connectivity index (χ0) is 13.3. The highest BCUT2D eigenvalue weighted by Crippen LogP contribution is 2.31. The maximum Gasteiger partial charge on any atom is 0.250 e. The Kier molecular flexibility index (Phi) is 3.51. The first-order chi connectivity index (χ1) is 8.47. The highest BCUT2D eigenvalue weighted by Gasteiger charge is 2.15. The van der Waals surface area contributed by atoms with Gasteiger partial charge in [-0.3, -0.25) is 0 Å². The van der Waals surface area contributed by atoms with Crippen LogP contribution in [0.15, 0.2) is 34.2 Å². The third kappa shape index (κ3) is 2.61. The molecule has 1 heterocycles. The predicted octanol–water partition coefficient (Wildman–Crippen LogP) is 3.93. The number of hydrogen-bond acceptors (Lipinski definition) is 2. The summed E-state index contributed by atoms with van der Waals surface area (Å²) < 4.78 is 64.8. The summed E-state index contributed by atoms with van der Waals surface area (Å²) in [6.07, 6.45) is 0. The van der Waals surface area contributed by atoms with E-state index in [9.17, 15) is 22.0 Å². The summed E-state index contributed by atoms with van der Waals surface area (Å²) >= 11 is 0.370. The maximum atomic E-state index is 13.3. The predicted molar refractivity (Wildman–Crippen MR) is 54.6 cm³/mol. The van der Waals surface area contributed by atoms with Gasteiger partial charge in [0.15, 0.2) is 11.6 Å². The number of pyridine rings is 1. The van der Waals surface area contributed by atoms with E-state index >= 15 is 0 Å². The minimum atomic E-state index is -1.50. The van der Waals surface area contributed by atoms with Gasteiger partial charge in [-0.15, -0.1) is 0 Å². The molecule has 0 fully saturated rings. The van der Waals surface area contributed by atoms with Gasteiger partial charge in [0.25, 0.3) is 0 Å². The molecule has 7 heteroatoms. The minimum Gasteiger partial charge on any atom is -0.207 e. The Morgan fingerprint density at radius 1 is 0.833 bits per heavy atom. The largest absolute Gasteiger partial charge is 0.250 e. The number of nitrogens with zero attached hydrogens (tertiary/aromatic N) is 1. The van der Waals surface area contributed by atoms with Crippen LogP contribution in [0.1, 0.15) is 0 Å². The first kappa shape index (κ1) is 12.8. The van der Waals surface area contributed by atoms with Crippen molar-refractivity contribution in [3.63, 3.8) is 0 Å². The van der Waals surface area contributed by atoms with Crippen LogP contribution in [0, 0.1) is 29.2 Å². The smallest absolute Gasteiger partial charge is 0.207 e. The lowest BCUT2D eigenvalue weighted by Gasteiger charge is -2.04. The van der Waals surface area contributed by atoms with Crippen LogP contribution in [-0.4, -0.2) is 4.98 Å². The monoisotopic (exact) mass is 277 g/mol. The van der Waals surface area contributed by atoms with Gasteiger partial charge in [0, 0.05) is 6.07 Å². The molecular weight excluding hydrogens is 273 g/mol. The maximum absolute atomic E-state index is 13.3. The van der Waals surface area contributed by atoms with E-state index in [1.807, 2.05) is 0 Å². The molecule has 0 unspecified atom stereocenters. The number of aromatic nitrogens is 1. The zero-order valence-electron chi connectivity index (χ0n) is 8.55. The number of benzene rings is 1. The van der Waals surface area contributed by atoms with Crippen LogP contribution in [0.3, 0.4) is 0 Å². The van der Waals surface area contributed by atoms with Crippen molar-refractivity contribution in [2.24, 2.45) is 0 Å². The van der Waals surface area contributed by atoms with Crippen molar-refractivity contribution in [3.05, 3.63) is 53.5 Å². The average molecular weight is 277 g/mol. The molecule has 0 aliphatic rings. The van der Waals surface area contributed by atoms with Crippen LogP contribution in [-0.2, 0) is 0 Å². The Hall–Kier alpha value is -1.63. The fourth-order valence-electron chi connectivity index (χ4n) is 1.16. The molecular formula is C11H4F5NS. The fraction of sp³-hybridized carbons (Fsp3) is 0. The molecule has 0 saturated heterocycles. The zero-order valence-corrected chi connectivity index (χ0v) is 9.37. The summed E-state index contributed by atoms with van der Waals surface area (Å²) in [7, 11) is 0. The third-order valence-electron chi connectivity index (χ3n) is 1.95. The van der Waals surface area contributed by atoms with Crippen LogP contribution in [0.4, 0.5) is 22.0 Å².